The van der Waals surface area contributed by atoms with Gasteiger partial charge in [-0.15, -0.1) is 11.3 Å². The summed E-state index contributed by atoms with van der Waals surface area (Å²) in [5.74, 6) is 1.49. The molecule has 3 heterocycles. The molecule has 0 radical (unpaired) electrons. The number of benzene rings is 1. The highest BCUT2D eigenvalue weighted by Crippen LogP contribution is 2.45. The molecule has 2 aromatic heterocycles. The zero-order valence-electron chi connectivity index (χ0n) is 17.8. The number of nitrogens with zero attached hydrogens (tertiary/aromatic N) is 4. The smallest absolute Gasteiger partial charge is 0.142 e. The molecule has 9 heteroatoms. The van der Waals surface area contributed by atoms with Crippen LogP contribution in [0, 0.1) is 9.81 Å². The first-order valence-electron chi connectivity index (χ1n) is 10.4. The molecule has 1 aliphatic rings. The van der Waals surface area contributed by atoms with Crippen molar-refractivity contribution < 1.29 is 4.74 Å². The first kappa shape index (κ1) is 23.4. The summed E-state index contributed by atoms with van der Waals surface area (Å²) in [7, 11) is 2.16. The van der Waals surface area contributed by atoms with Crippen LogP contribution in [0.4, 0.5) is 0 Å². The number of hydrogen-bond acceptors (Lipinski definition) is 6. The van der Waals surface area contributed by atoms with Crippen molar-refractivity contribution in [1.29, 1.82) is 0 Å². The Balaban J connectivity index is 1.57. The van der Waals surface area contributed by atoms with Crippen molar-refractivity contribution in [3.8, 4) is 16.9 Å². The molecule has 5 nitrogen and oxygen atoms in total. The van der Waals surface area contributed by atoms with Crippen LogP contribution in [0.2, 0.25) is 10.2 Å². The highest BCUT2D eigenvalue weighted by atomic mass is 127. The Morgan fingerprint density at radius 3 is 2.61 bits per heavy atom. The molecule has 0 N–H and O–H groups in total. The molecule has 31 heavy (non-hydrogen) atoms. The molecule has 0 spiro atoms. The monoisotopic (exact) mass is 590 g/mol. The summed E-state index contributed by atoms with van der Waals surface area (Å²) in [5, 5.41) is 2.04. The minimum atomic E-state index is 0.499. The largest absolute Gasteiger partial charge is 0.491 e. The second-order valence-electron chi connectivity index (χ2n) is 7.76. The molecule has 1 fully saturated rings. The highest BCUT2D eigenvalue weighted by Gasteiger charge is 2.21. The summed E-state index contributed by atoms with van der Waals surface area (Å²) in [6.45, 7) is 9.96. The Kier molecular flexibility index (Phi) is 7.60. The van der Waals surface area contributed by atoms with Crippen LogP contribution < -0.4 is 4.74 Å². The van der Waals surface area contributed by atoms with Gasteiger partial charge in [-0.25, -0.2) is 9.97 Å². The van der Waals surface area contributed by atoms with Gasteiger partial charge in [0.2, 0.25) is 0 Å². The molecule has 0 unspecified atom stereocenters. The van der Waals surface area contributed by atoms with E-state index in [1.807, 2.05) is 19.9 Å². The van der Waals surface area contributed by atoms with Gasteiger partial charge >= 0.3 is 0 Å². The minimum Gasteiger partial charge on any atom is -0.491 e. The van der Waals surface area contributed by atoms with Crippen LogP contribution in [0.15, 0.2) is 12.1 Å². The van der Waals surface area contributed by atoms with E-state index in [1.54, 1.807) is 11.3 Å². The van der Waals surface area contributed by atoms with E-state index in [4.69, 9.17) is 27.9 Å². The van der Waals surface area contributed by atoms with Crippen molar-refractivity contribution in [1.82, 2.24) is 19.8 Å². The Hall–Kier alpha value is -0.710. The van der Waals surface area contributed by atoms with E-state index in [0.717, 1.165) is 80.5 Å². The number of rotatable bonds is 6. The maximum atomic E-state index is 6.74. The van der Waals surface area contributed by atoms with Gasteiger partial charge in [-0.2, -0.15) is 0 Å². The standard InChI is InChI=1S/C22H25Cl2IN4OS/c1-4-16-26-20(24)18-17(21(25)31-22(18)27-16)14-5-6-15(19(23)13(14)2)30-12-11-29-9-7-28(3)8-10-29/h5-6H,4,7-12H2,1-3H3. The Morgan fingerprint density at radius 2 is 1.90 bits per heavy atom. The molecule has 0 atom stereocenters. The molecule has 4 rings (SSSR count). The Morgan fingerprint density at radius 1 is 1.16 bits per heavy atom. The molecule has 166 valence electrons. The summed E-state index contributed by atoms with van der Waals surface area (Å²) >= 11 is 17.3. The van der Waals surface area contributed by atoms with E-state index in [0.29, 0.717) is 16.8 Å². The maximum Gasteiger partial charge on any atom is 0.142 e. The molecule has 0 amide bonds. The number of thiophene rings is 1. The third-order valence-electron chi connectivity index (χ3n) is 5.71. The van der Waals surface area contributed by atoms with Crippen molar-refractivity contribution in [2.24, 2.45) is 0 Å². The topological polar surface area (TPSA) is 41.5 Å². The molecular weight excluding hydrogens is 566 g/mol. The number of fused-ring (bicyclic) bond motifs is 1. The summed E-state index contributed by atoms with van der Waals surface area (Å²) in [5.41, 5.74) is 3.07. The molecule has 0 saturated carbocycles. The molecule has 3 aromatic rings. The summed E-state index contributed by atoms with van der Waals surface area (Å²) in [6, 6.07) is 4.03. The number of halogens is 3. The fraction of sp³-hybridized carbons (Fsp3) is 0.455. The SMILES string of the molecule is CCc1nc(Cl)c2c(-c3ccc(OCCN4CCN(C)CC4)c(Cl)c3C)c(I)sc2n1. The number of hydrogen-bond donors (Lipinski definition) is 0. The average molecular weight is 591 g/mol. The third-order valence-corrected chi connectivity index (χ3v) is 8.52. The normalized spacial score (nSPS) is 15.7. The van der Waals surface area contributed by atoms with Crippen LogP contribution in [0.25, 0.3) is 21.3 Å². The van der Waals surface area contributed by atoms with Gasteiger partial charge in [0.1, 0.15) is 28.2 Å². The van der Waals surface area contributed by atoms with Crippen LogP contribution in [-0.2, 0) is 6.42 Å². The lowest BCUT2D eigenvalue weighted by molar-refractivity contribution is 0.134. The lowest BCUT2D eigenvalue weighted by atomic mass is 10.0. The third kappa shape index (κ3) is 4.96. The van der Waals surface area contributed by atoms with E-state index in [2.05, 4.69) is 55.5 Å². The maximum absolute atomic E-state index is 6.74. The summed E-state index contributed by atoms with van der Waals surface area (Å²) in [4.78, 5) is 14.8. The fourth-order valence-corrected chi connectivity index (χ4v) is 6.45. The average Bonchev–Trinajstić information content (AvgIpc) is 3.08. The number of piperazine rings is 1. The van der Waals surface area contributed by atoms with Crippen molar-refractivity contribution >= 4 is 67.3 Å². The highest BCUT2D eigenvalue weighted by molar-refractivity contribution is 14.1. The lowest BCUT2D eigenvalue weighted by Crippen LogP contribution is -2.45. The van der Waals surface area contributed by atoms with E-state index in [-0.39, 0.29) is 0 Å². The molecule has 1 aliphatic heterocycles. The van der Waals surface area contributed by atoms with Gasteiger partial charge in [0.15, 0.2) is 0 Å². The van der Waals surface area contributed by atoms with E-state index in [9.17, 15) is 0 Å². The molecule has 0 bridgehead atoms. The van der Waals surface area contributed by atoms with Gasteiger partial charge in [-0.05, 0) is 53.8 Å². The minimum absolute atomic E-state index is 0.499. The summed E-state index contributed by atoms with van der Waals surface area (Å²) < 4.78 is 7.18. The van der Waals surface area contributed by atoms with Gasteiger partial charge < -0.3 is 9.64 Å². The van der Waals surface area contributed by atoms with Gasteiger partial charge in [0.25, 0.3) is 0 Å². The number of ether oxygens (including phenoxy) is 1. The van der Waals surface area contributed by atoms with Gasteiger partial charge in [-0.1, -0.05) is 36.2 Å². The van der Waals surface area contributed by atoms with Crippen molar-refractivity contribution in [3.63, 3.8) is 0 Å². The van der Waals surface area contributed by atoms with Gasteiger partial charge in [-0.3, -0.25) is 4.90 Å². The molecule has 1 aromatic carbocycles. The van der Waals surface area contributed by atoms with E-state index < -0.39 is 0 Å². The zero-order chi connectivity index (χ0) is 22.1. The second-order valence-corrected chi connectivity index (χ2v) is 11.3. The predicted octanol–water partition coefficient (Wildman–Crippen LogP) is 5.77. The first-order valence-corrected chi connectivity index (χ1v) is 13.0. The van der Waals surface area contributed by atoms with Crippen molar-refractivity contribution in [2.75, 3.05) is 46.4 Å². The van der Waals surface area contributed by atoms with Crippen LogP contribution in [-0.4, -0.2) is 66.1 Å². The van der Waals surface area contributed by atoms with Crippen molar-refractivity contribution in [2.45, 2.75) is 20.3 Å². The van der Waals surface area contributed by atoms with Crippen molar-refractivity contribution in [3.05, 3.63) is 36.6 Å². The van der Waals surface area contributed by atoms with E-state index in [1.165, 1.54) is 0 Å². The fourth-order valence-electron chi connectivity index (χ4n) is 3.77. The van der Waals surface area contributed by atoms with Gasteiger partial charge in [0, 0.05) is 44.7 Å². The van der Waals surface area contributed by atoms with E-state index >= 15 is 0 Å². The number of likely N-dealkylation sites (N-methyl/N-ethyl adjacent to an activating group) is 1. The van der Waals surface area contributed by atoms with Crippen LogP contribution in [0.1, 0.15) is 18.3 Å². The van der Waals surface area contributed by atoms with Gasteiger partial charge in [0.05, 0.1) is 13.3 Å². The second kappa shape index (κ2) is 10.1. The molecule has 0 aliphatic carbocycles. The predicted molar refractivity (Wildman–Crippen MR) is 139 cm³/mol. The summed E-state index contributed by atoms with van der Waals surface area (Å²) in [6.07, 6.45) is 0.754. The molecular formula is C22H25Cl2IN4OS. The van der Waals surface area contributed by atoms with Crippen LogP contribution >= 0.6 is 57.1 Å². The quantitative estimate of drug-likeness (QED) is 0.269. The first-order chi connectivity index (χ1) is 14.9. The zero-order valence-corrected chi connectivity index (χ0v) is 22.3. The molecule has 1 saturated heterocycles. The Bertz CT molecular complexity index is 1100. The number of aromatic nitrogens is 2. The van der Waals surface area contributed by atoms with Crippen LogP contribution in [0.5, 0.6) is 5.75 Å². The lowest BCUT2D eigenvalue weighted by Gasteiger charge is -2.32. The van der Waals surface area contributed by atoms with Crippen LogP contribution in [0.3, 0.4) is 0 Å². The Labute approximate surface area is 210 Å². The number of aryl methyl sites for hydroxylation is 1.